The standard InChI is InChI=1S/C24H22ClN7O2S/c1-13-11-28-31-32(13)22-12-27-24(35-22)29-14(2)17-8-16-9-18(25)21(10-20(16)30-23(17)33)34-15(3)19-6-4-5-7-26-19/h4-12,14-15H,1-3H3,(H,27,29)(H,30,33)/t14-,15+/m0/s1. The Morgan fingerprint density at radius 3 is 2.77 bits per heavy atom. The molecule has 35 heavy (non-hydrogen) atoms. The second kappa shape index (κ2) is 9.47. The van der Waals surface area contributed by atoms with Crippen molar-refractivity contribution in [2.75, 3.05) is 5.32 Å². The zero-order valence-corrected chi connectivity index (χ0v) is 20.8. The predicted molar refractivity (Wildman–Crippen MR) is 137 cm³/mol. The normalized spacial score (nSPS) is 13.0. The third-order valence-corrected chi connectivity index (χ3v) is 6.76. The summed E-state index contributed by atoms with van der Waals surface area (Å²) < 4.78 is 7.74. The van der Waals surface area contributed by atoms with Crippen molar-refractivity contribution in [2.45, 2.75) is 32.9 Å². The van der Waals surface area contributed by atoms with Crippen LogP contribution >= 0.6 is 22.9 Å². The zero-order valence-electron chi connectivity index (χ0n) is 19.2. The average Bonchev–Trinajstić information content (AvgIpc) is 3.48. The van der Waals surface area contributed by atoms with Gasteiger partial charge in [-0.2, -0.15) is 0 Å². The molecule has 9 nitrogen and oxygen atoms in total. The maximum Gasteiger partial charge on any atom is 0.253 e. The number of anilines is 1. The van der Waals surface area contributed by atoms with Gasteiger partial charge < -0.3 is 15.0 Å². The van der Waals surface area contributed by atoms with Crippen LogP contribution in [0.4, 0.5) is 5.13 Å². The lowest BCUT2D eigenvalue weighted by Crippen LogP contribution is -2.19. The Bertz CT molecular complexity index is 1550. The van der Waals surface area contributed by atoms with Crippen LogP contribution in [0.25, 0.3) is 15.9 Å². The molecule has 178 valence electrons. The molecule has 0 saturated carbocycles. The number of hydrogen-bond acceptors (Lipinski definition) is 8. The van der Waals surface area contributed by atoms with Gasteiger partial charge in [-0.25, -0.2) is 9.67 Å². The van der Waals surface area contributed by atoms with E-state index in [1.165, 1.54) is 11.3 Å². The third kappa shape index (κ3) is 4.75. The minimum absolute atomic E-state index is 0.201. The van der Waals surface area contributed by atoms with Crippen molar-refractivity contribution in [3.8, 4) is 10.8 Å². The van der Waals surface area contributed by atoms with Crippen molar-refractivity contribution in [2.24, 2.45) is 0 Å². The summed E-state index contributed by atoms with van der Waals surface area (Å²) in [5.74, 6) is 0.477. The number of pyridine rings is 2. The molecule has 0 aliphatic rings. The van der Waals surface area contributed by atoms with Crippen LogP contribution in [0.1, 0.15) is 42.9 Å². The van der Waals surface area contributed by atoms with Gasteiger partial charge in [0.1, 0.15) is 16.9 Å². The number of nitrogens with zero attached hydrogens (tertiary/aromatic N) is 5. The topological polar surface area (TPSA) is 111 Å². The third-order valence-electron chi connectivity index (χ3n) is 5.56. The second-order valence-corrected chi connectivity index (χ2v) is 9.51. The molecule has 0 radical (unpaired) electrons. The number of aromatic nitrogens is 6. The van der Waals surface area contributed by atoms with Crippen molar-refractivity contribution >= 4 is 39.0 Å². The molecule has 0 unspecified atom stereocenters. The lowest BCUT2D eigenvalue weighted by Gasteiger charge is -2.17. The molecule has 2 atom stereocenters. The highest BCUT2D eigenvalue weighted by Crippen LogP contribution is 2.33. The lowest BCUT2D eigenvalue weighted by molar-refractivity contribution is 0.222. The molecule has 2 N–H and O–H groups in total. The van der Waals surface area contributed by atoms with Crippen molar-refractivity contribution < 1.29 is 4.74 Å². The van der Waals surface area contributed by atoms with Gasteiger partial charge in [0, 0.05) is 23.2 Å². The molecule has 11 heteroatoms. The first kappa shape index (κ1) is 23.0. The summed E-state index contributed by atoms with van der Waals surface area (Å²) in [4.78, 5) is 24.6. The Morgan fingerprint density at radius 2 is 2.03 bits per heavy atom. The van der Waals surface area contributed by atoms with Crippen molar-refractivity contribution in [3.63, 3.8) is 0 Å². The number of aromatic amines is 1. The number of halogens is 1. The molecule has 0 aliphatic heterocycles. The largest absolute Gasteiger partial charge is 0.483 e. The summed E-state index contributed by atoms with van der Waals surface area (Å²) in [6, 6.07) is 10.7. The Morgan fingerprint density at radius 1 is 1.17 bits per heavy atom. The highest BCUT2D eigenvalue weighted by molar-refractivity contribution is 7.17. The van der Waals surface area contributed by atoms with Crippen LogP contribution in [-0.2, 0) is 0 Å². The number of fused-ring (bicyclic) bond motifs is 1. The molecule has 0 spiro atoms. The zero-order chi connectivity index (χ0) is 24.5. The van der Waals surface area contributed by atoms with Crippen LogP contribution in [0.15, 0.2) is 59.8 Å². The van der Waals surface area contributed by atoms with Gasteiger partial charge in [0.2, 0.25) is 0 Å². The Hall–Kier alpha value is -3.76. The maximum absolute atomic E-state index is 12.9. The van der Waals surface area contributed by atoms with E-state index in [4.69, 9.17) is 16.3 Å². The highest BCUT2D eigenvalue weighted by atomic mass is 35.5. The molecule has 5 rings (SSSR count). The van der Waals surface area contributed by atoms with E-state index in [1.807, 2.05) is 45.0 Å². The van der Waals surface area contributed by atoms with E-state index in [1.54, 1.807) is 35.4 Å². The SMILES string of the molecule is Cc1cnnn1-c1cnc(N[C@@H](C)c2cc3cc(Cl)c(O[C@H](C)c4ccccn4)cc3[nH]c2=O)s1. The monoisotopic (exact) mass is 507 g/mol. The Kier molecular flexibility index (Phi) is 6.23. The number of rotatable bonds is 7. The summed E-state index contributed by atoms with van der Waals surface area (Å²) in [5.41, 5.74) is 2.70. The van der Waals surface area contributed by atoms with Gasteiger partial charge in [0.25, 0.3) is 5.56 Å². The van der Waals surface area contributed by atoms with Crippen molar-refractivity contribution in [1.82, 2.24) is 29.9 Å². The van der Waals surface area contributed by atoms with Crippen LogP contribution in [0.5, 0.6) is 5.75 Å². The average molecular weight is 508 g/mol. The highest BCUT2D eigenvalue weighted by Gasteiger charge is 2.17. The van der Waals surface area contributed by atoms with E-state index >= 15 is 0 Å². The van der Waals surface area contributed by atoms with Crippen molar-refractivity contribution in [3.05, 3.63) is 87.3 Å². The number of ether oxygens (including phenoxy) is 1. The maximum atomic E-state index is 12.9. The Balaban J connectivity index is 1.38. The van der Waals surface area contributed by atoms with Crippen LogP contribution in [0.2, 0.25) is 5.02 Å². The number of hydrogen-bond donors (Lipinski definition) is 2. The first-order valence-corrected chi connectivity index (χ1v) is 12.1. The summed E-state index contributed by atoms with van der Waals surface area (Å²) in [6.45, 7) is 5.73. The van der Waals surface area contributed by atoms with Gasteiger partial charge >= 0.3 is 0 Å². The summed E-state index contributed by atoms with van der Waals surface area (Å²) in [5, 5.41) is 14.0. The summed E-state index contributed by atoms with van der Waals surface area (Å²) in [6.07, 6.45) is 4.82. The molecular weight excluding hydrogens is 486 g/mol. The molecule has 0 fully saturated rings. The lowest BCUT2D eigenvalue weighted by atomic mass is 10.1. The number of benzene rings is 1. The van der Waals surface area contributed by atoms with E-state index in [0.29, 0.717) is 27.0 Å². The van der Waals surface area contributed by atoms with Gasteiger partial charge in [-0.15, -0.1) is 5.10 Å². The van der Waals surface area contributed by atoms with Gasteiger partial charge in [-0.05, 0) is 45.0 Å². The van der Waals surface area contributed by atoms with Crippen molar-refractivity contribution in [1.29, 1.82) is 0 Å². The second-order valence-electron chi connectivity index (χ2n) is 8.10. The summed E-state index contributed by atoms with van der Waals surface area (Å²) >= 11 is 7.95. The number of H-pyrrole nitrogens is 1. The van der Waals surface area contributed by atoms with E-state index in [0.717, 1.165) is 21.8 Å². The van der Waals surface area contributed by atoms with Gasteiger partial charge in [-0.1, -0.05) is 34.2 Å². The number of aryl methyl sites for hydroxylation is 1. The van der Waals surface area contributed by atoms with E-state index in [2.05, 4.69) is 30.6 Å². The van der Waals surface area contributed by atoms with Gasteiger partial charge in [-0.3, -0.25) is 9.78 Å². The van der Waals surface area contributed by atoms with Gasteiger partial charge in [0.15, 0.2) is 5.13 Å². The fraction of sp³-hybridized carbons (Fsp3) is 0.208. The van der Waals surface area contributed by atoms with Crippen LogP contribution in [-0.4, -0.2) is 29.9 Å². The fourth-order valence-corrected chi connectivity index (χ4v) is 4.83. The molecule has 5 aromatic rings. The number of thiazole rings is 1. The molecule has 0 bridgehead atoms. The van der Waals surface area contributed by atoms with E-state index < -0.39 is 0 Å². The molecule has 4 heterocycles. The molecular formula is C24H22ClN7O2S. The van der Waals surface area contributed by atoms with E-state index in [9.17, 15) is 4.79 Å². The van der Waals surface area contributed by atoms with Crippen LogP contribution in [0.3, 0.4) is 0 Å². The molecule has 0 amide bonds. The Labute approximate surface area is 209 Å². The van der Waals surface area contributed by atoms with Crippen LogP contribution < -0.4 is 15.6 Å². The quantitative estimate of drug-likeness (QED) is 0.310. The molecule has 0 saturated heterocycles. The molecule has 4 aromatic heterocycles. The fourth-order valence-electron chi connectivity index (χ4n) is 3.70. The smallest absolute Gasteiger partial charge is 0.253 e. The molecule has 0 aliphatic carbocycles. The van der Waals surface area contributed by atoms with Gasteiger partial charge in [0.05, 0.1) is 40.4 Å². The first-order valence-electron chi connectivity index (χ1n) is 10.9. The minimum Gasteiger partial charge on any atom is -0.483 e. The predicted octanol–water partition coefficient (Wildman–Crippen LogP) is 5.24. The van der Waals surface area contributed by atoms with Crippen LogP contribution in [0, 0.1) is 6.92 Å². The van der Waals surface area contributed by atoms with E-state index in [-0.39, 0.29) is 17.7 Å². The minimum atomic E-state index is -0.300. The summed E-state index contributed by atoms with van der Waals surface area (Å²) in [7, 11) is 0. The molecule has 1 aromatic carbocycles. The first-order chi connectivity index (χ1) is 16.9. The number of nitrogens with one attached hydrogen (secondary N) is 2.